The maximum absolute atomic E-state index is 4.29. The van der Waals surface area contributed by atoms with E-state index in [2.05, 4.69) is 29.1 Å². The molecule has 2 aromatic heterocycles. The molecule has 0 spiro atoms. The Labute approximate surface area is 89.8 Å². The largest absolute Gasteiger partial charge is 0.237 e. The van der Waals surface area contributed by atoms with Crippen molar-refractivity contribution in [3.63, 3.8) is 0 Å². The van der Waals surface area contributed by atoms with Gasteiger partial charge in [0.1, 0.15) is 0 Å². The lowest BCUT2D eigenvalue weighted by atomic mass is 10.1. The molecule has 0 saturated carbocycles. The standard InChI is InChI=1S/C12H15N3/c1-2-3-5-11-6-8-13-12(10-11)15-9-4-7-14-15/h4,6-10H,2-3,5H2,1H3. The molecule has 0 aromatic carbocycles. The normalized spacial score (nSPS) is 10.5. The predicted octanol–water partition coefficient (Wildman–Crippen LogP) is 2.61. The van der Waals surface area contributed by atoms with Crippen molar-refractivity contribution in [3.8, 4) is 5.82 Å². The van der Waals surface area contributed by atoms with Crippen LogP contribution in [-0.2, 0) is 6.42 Å². The quantitative estimate of drug-likeness (QED) is 0.761. The van der Waals surface area contributed by atoms with Crippen molar-refractivity contribution in [2.24, 2.45) is 0 Å². The summed E-state index contributed by atoms with van der Waals surface area (Å²) >= 11 is 0. The number of nitrogens with zero attached hydrogens (tertiary/aromatic N) is 3. The summed E-state index contributed by atoms with van der Waals surface area (Å²) in [6.07, 6.45) is 9.09. The van der Waals surface area contributed by atoms with Crippen LogP contribution >= 0.6 is 0 Å². The first-order valence-electron chi connectivity index (χ1n) is 5.35. The molecule has 0 aliphatic heterocycles. The van der Waals surface area contributed by atoms with Crippen molar-refractivity contribution in [2.75, 3.05) is 0 Å². The van der Waals surface area contributed by atoms with Crippen molar-refractivity contribution in [1.82, 2.24) is 14.8 Å². The third-order valence-corrected chi connectivity index (χ3v) is 2.37. The van der Waals surface area contributed by atoms with Crippen LogP contribution in [0.5, 0.6) is 0 Å². The number of aromatic nitrogens is 3. The lowest BCUT2D eigenvalue weighted by Gasteiger charge is -2.03. The summed E-state index contributed by atoms with van der Waals surface area (Å²) in [4.78, 5) is 4.29. The minimum absolute atomic E-state index is 0.897. The fourth-order valence-electron chi connectivity index (χ4n) is 1.53. The van der Waals surface area contributed by atoms with Crippen LogP contribution in [0.25, 0.3) is 5.82 Å². The van der Waals surface area contributed by atoms with E-state index in [1.807, 2.05) is 18.5 Å². The van der Waals surface area contributed by atoms with Crippen molar-refractivity contribution in [1.29, 1.82) is 0 Å². The van der Waals surface area contributed by atoms with E-state index in [9.17, 15) is 0 Å². The summed E-state index contributed by atoms with van der Waals surface area (Å²) in [6.45, 7) is 2.20. The molecule has 2 rings (SSSR count). The van der Waals surface area contributed by atoms with Crippen molar-refractivity contribution in [2.45, 2.75) is 26.2 Å². The van der Waals surface area contributed by atoms with Gasteiger partial charge in [0, 0.05) is 18.6 Å². The molecule has 0 aliphatic carbocycles. The number of aryl methyl sites for hydroxylation is 1. The molecule has 0 unspecified atom stereocenters. The Balaban J connectivity index is 2.19. The average Bonchev–Trinajstić information content (AvgIpc) is 2.80. The monoisotopic (exact) mass is 201 g/mol. The number of pyridine rings is 1. The molecule has 0 amide bonds. The first-order valence-corrected chi connectivity index (χ1v) is 5.35. The second kappa shape index (κ2) is 4.73. The summed E-state index contributed by atoms with van der Waals surface area (Å²) in [5.74, 6) is 0.897. The topological polar surface area (TPSA) is 30.7 Å². The Morgan fingerprint density at radius 1 is 1.33 bits per heavy atom. The van der Waals surface area contributed by atoms with Gasteiger partial charge in [0.05, 0.1) is 0 Å². The highest BCUT2D eigenvalue weighted by molar-refractivity contribution is 5.26. The van der Waals surface area contributed by atoms with Crippen molar-refractivity contribution in [3.05, 3.63) is 42.4 Å². The van der Waals surface area contributed by atoms with E-state index in [1.165, 1.54) is 18.4 Å². The molecule has 2 heterocycles. The van der Waals surface area contributed by atoms with Crippen LogP contribution in [0.15, 0.2) is 36.8 Å². The van der Waals surface area contributed by atoms with Crippen LogP contribution in [0, 0.1) is 0 Å². The maximum atomic E-state index is 4.29. The van der Waals surface area contributed by atoms with Gasteiger partial charge in [0.25, 0.3) is 0 Å². The molecule has 2 aromatic rings. The number of unbranched alkanes of at least 4 members (excludes halogenated alkanes) is 1. The van der Waals surface area contributed by atoms with E-state index in [1.54, 1.807) is 10.9 Å². The Morgan fingerprint density at radius 2 is 2.27 bits per heavy atom. The molecular weight excluding hydrogens is 186 g/mol. The molecule has 78 valence electrons. The number of hydrogen-bond donors (Lipinski definition) is 0. The first-order chi connectivity index (χ1) is 7.40. The van der Waals surface area contributed by atoms with Crippen LogP contribution in [-0.4, -0.2) is 14.8 Å². The zero-order valence-corrected chi connectivity index (χ0v) is 8.93. The third-order valence-electron chi connectivity index (χ3n) is 2.37. The molecular formula is C12H15N3. The van der Waals surface area contributed by atoms with Gasteiger partial charge < -0.3 is 0 Å². The van der Waals surface area contributed by atoms with Gasteiger partial charge in [-0.05, 0) is 36.6 Å². The number of hydrogen-bond acceptors (Lipinski definition) is 2. The Hall–Kier alpha value is -1.64. The van der Waals surface area contributed by atoms with Gasteiger partial charge in [0.2, 0.25) is 0 Å². The molecule has 0 aliphatic rings. The van der Waals surface area contributed by atoms with Gasteiger partial charge in [-0.2, -0.15) is 5.10 Å². The zero-order valence-electron chi connectivity index (χ0n) is 8.93. The second-order valence-corrected chi connectivity index (χ2v) is 3.58. The summed E-state index contributed by atoms with van der Waals surface area (Å²) in [5, 5.41) is 4.16. The molecule has 0 N–H and O–H groups in total. The molecule has 0 radical (unpaired) electrons. The molecule has 15 heavy (non-hydrogen) atoms. The van der Waals surface area contributed by atoms with E-state index in [0.29, 0.717) is 0 Å². The summed E-state index contributed by atoms with van der Waals surface area (Å²) in [5.41, 5.74) is 1.33. The summed E-state index contributed by atoms with van der Waals surface area (Å²) in [7, 11) is 0. The van der Waals surface area contributed by atoms with Crippen LogP contribution in [0.4, 0.5) is 0 Å². The zero-order chi connectivity index (χ0) is 10.5. The van der Waals surface area contributed by atoms with Gasteiger partial charge in [0.15, 0.2) is 5.82 Å². The lowest BCUT2D eigenvalue weighted by molar-refractivity contribution is 0.786. The molecule has 0 bridgehead atoms. The van der Waals surface area contributed by atoms with E-state index < -0.39 is 0 Å². The Bertz CT molecular complexity index is 407. The minimum Gasteiger partial charge on any atom is -0.237 e. The first kappa shape index (κ1) is 9.90. The fourth-order valence-corrected chi connectivity index (χ4v) is 1.53. The Morgan fingerprint density at radius 3 is 3.00 bits per heavy atom. The lowest BCUT2D eigenvalue weighted by Crippen LogP contribution is -1.98. The third kappa shape index (κ3) is 2.43. The fraction of sp³-hybridized carbons (Fsp3) is 0.333. The van der Waals surface area contributed by atoms with Crippen LogP contribution in [0.2, 0.25) is 0 Å². The molecule has 0 fully saturated rings. The van der Waals surface area contributed by atoms with Crippen molar-refractivity contribution >= 4 is 0 Å². The highest BCUT2D eigenvalue weighted by atomic mass is 15.3. The van der Waals surface area contributed by atoms with Gasteiger partial charge in [-0.15, -0.1) is 0 Å². The summed E-state index contributed by atoms with van der Waals surface area (Å²) < 4.78 is 1.79. The number of rotatable bonds is 4. The Kier molecular flexibility index (Phi) is 3.12. The van der Waals surface area contributed by atoms with Crippen LogP contribution in [0.1, 0.15) is 25.3 Å². The minimum atomic E-state index is 0.897. The van der Waals surface area contributed by atoms with Gasteiger partial charge >= 0.3 is 0 Å². The highest BCUT2D eigenvalue weighted by Gasteiger charge is 1.99. The van der Waals surface area contributed by atoms with Crippen LogP contribution in [0.3, 0.4) is 0 Å². The van der Waals surface area contributed by atoms with E-state index in [4.69, 9.17) is 0 Å². The molecule has 3 nitrogen and oxygen atoms in total. The molecule has 0 atom stereocenters. The smallest absolute Gasteiger partial charge is 0.153 e. The maximum Gasteiger partial charge on any atom is 0.153 e. The predicted molar refractivity (Wildman–Crippen MR) is 60.0 cm³/mol. The van der Waals surface area contributed by atoms with Gasteiger partial charge in [-0.25, -0.2) is 9.67 Å². The highest BCUT2D eigenvalue weighted by Crippen LogP contribution is 2.08. The molecule has 0 saturated heterocycles. The second-order valence-electron chi connectivity index (χ2n) is 3.58. The summed E-state index contributed by atoms with van der Waals surface area (Å²) in [6, 6.07) is 6.08. The van der Waals surface area contributed by atoms with Gasteiger partial charge in [-0.3, -0.25) is 0 Å². The van der Waals surface area contributed by atoms with Crippen LogP contribution < -0.4 is 0 Å². The van der Waals surface area contributed by atoms with E-state index in [0.717, 1.165) is 12.2 Å². The van der Waals surface area contributed by atoms with Crippen molar-refractivity contribution < 1.29 is 0 Å². The SMILES string of the molecule is CCCCc1ccnc(-n2cccn2)c1. The van der Waals surface area contributed by atoms with Gasteiger partial charge in [-0.1, -0.05) is 13.3 Å². The van der Waals surface area contributed by atoms with E-state index in [-0.39, 0.29) is 0 Å². The average molecular weight is 201 g/mol. The van der Waals surface area contributed by atoms with E-state index >= 15 is 0 Å². The molecule has 3 heteroatoms.